The van der Waals surface area contributed by atoms with Crippen molar-refractivity contribution in [2.75, 3.05) is 6.26 Å². The molecule has 1 N–H and O–H groups in total. The third-order valence-corrected chi connectivity index (χ3v) is 4.95. The highest BCUT2D eigenvalue weighted by atomic mass is 32.2. The summed E-state index contributed by atoms with van der Waals surface area (Å²) in [6, 6.07) is 2.01. The van der Waals surface area contributed by atoms with Crippen LogP contribution in [0.15, 0.2) is 10.6 Å². The lowest BCUT2D eigenvalue weighted by atomic mass is 9.57. The monoisotopic (exact) mass is 286 g/mol. The fourth-order valence-electron chi connectivity index (χ4n) is 2.69. The lowest BCUT2D eigenvalue weighted by Gasteiger charge is -2.52. The van der Waals surface area contributed by atoms with Gasteiger partial charge in [0.2, 0.25) is 10.0 Å². The molecule has 2 atom stereocenters. The van der Waals surface area contributed by atoms with E-state index >= 15 is 0 Å². The van der Waals surface area contributed by atoms with E-state index < -0.39 is 10.0 Å². The van der Waals surface area contributed by atoms with Crippen molar-refractivity contribution in [2.24, 2.45) is 11.3 Å². The summed E-state index contributed by atoms with van der Waals surface area (Å²) in [5.41, 5.74) is 0.918. The van der Waals surface area contributed by atoms with E-state index in [0.717, 1.165) is 30.7 Å². The molecule has 2 rings (SSSR count). The summed E-state index contributed by atoms with van der Waals surface area (Å²) < 4.78 is 30.5. The van der Waals surface area contributed by atoms with Gasteiger partial charge in [-0.05, 0) is 24.2 Å². The molecule has 1 saturated carbocycles. The summed E-state index contributed by atoms with van der Waals surface area (Å²) in [5, 5.41) is 4.06. The summed E-state index contributed by atoms with van der Waals surface area (Å²) in [6.45, 7) is 6.24. The first-order chi connectivity index (χ1) is 8.72. The zero-order valence-corrected chi connectivity index (χ0v) is 12.8. The molecule has 1 heterocycles. The van der Waals surface area contributed by atoms with Crippen molar-refractivity contribution in [3.8, 4) is 0 Å². The van der Waals surface area contributed by atoms with Crippen LogP contribution >= 0.6 is 0 Å². The van der Waals surface area contributed by atoms with Crippen molar-refractivity contribution < 1.29 is 12.9 Å². The molecule has 5 nitrogen and oxygen atoms in total. The van der Waals surface area contributed by atoms with Crippen molar-refractivity contribution in [3.63, 3.8) is 0 Å². The molecule has 0 aliphatic heterocycles. The van der Waals surface area contributed by atoms with E-state index in [1.807, 2.05) is 13.0 Å². The van der Waals surface area contributed by atoms with Crippen molar-refractivity contribution in [1.82, 2.24) is 9.88 Å². The number of aryl methyl sites for hydroxylation is 1. The first-order valence-electron chi connectivity index (χ1n) is 6.64. The van der Waals surface area contributed by atoms with E-state index in [0.29, 0.717) is 5.92 Å². The third-order valence-electron chi connectivity index (χ3n) is 4.24. The van der Waals surface area contributed by atoms with Gasteiger partial charge in [-0.15, -0.1) is 0 Å². The maximum Gasteiger partial charge on any atom is 0.208 e. The van der Waals surface area contributed by atoms with E-state index in [9.17, 15) is 8.42 Å². The number of hydrogen-bond acceptors (Lipinski definition) is 4. The molecule has 1 aliphatic rings. The van der Waals surface area contributed by atoms with Gasteiger partial charge in [-0.2, -0.15) is 0 Å². The molecule has 0 radical (unpaired) electrons. The minimum atomic E-state index is -3.14. The van der Waals surface area contributed by atoms with Crippen LogP contribution in [0, 0.1) is 11.3 Å². The van der Waals surface area contributed by atoms with Gasteiger partial charge in [0.15, 0.2) is 0 Å². The van der Waals surface area contributed by atoms with Gasteiger partial charge in [0.25, 0.3) is 0 Å². The molecular formula is C13H22N2O3S. The molecule has 0 spiro atoms. The van der Waals surface area contributed by atoms with Crippen molar-refractivity contribution >= 4 is 10.0 Å². The lowest BCUT2D eigenvalue weighted by Crippen LogP contribution is -2.58. The van der Waals surface area contributed by atoms with Gasteiger partial charge >= 0.3 is 0 Å². The molecule has 19 heavy (non-hydrogen) atoms. The number of sulfonamides is 1. The van der Waals surface area contributed by atoms with Crippen molar-refractivity contribution in [1.29, 1.82) is 0 Å². The maximum absolute atomic E-state index is 11.3. The highest BCUT2D eigenvalue weighted by molar-refractivity contribution is 7.88. The van der Waals surface area contributed by atoms with Gasteiger partial charge in [-0.3, -0.25) is 0 Å². The van der Waals surface area contributed by atoms with Crippen LogP contribution in [-0.4, -0.2) is 25.9 Å². The molecule has 1 aromatic heterocycles. The molecule has 1 aromatic rings. The Balaban J connectivity index is 1.97. The Morgan fingerprint density at radius 1 is 1.53 bits per heavy atom. The first kappa shape index (κ1) is 14.5. The van der Waals surface area contributed by atoms with Crippen LogP contribution in [0.5, 0.6) is 0 Å². The largest absolute Gasteiger partial charge is 0.361 e. The second-order valence-electron chi connectivity index (χ2n) is 6.04. The smallest absolute Gasteiger partial charge is 0.208 e. The summed E-state index contributed by atoms with van der Waals surface area (Å²) in [7, 11) is -3.14. The SMILES string of the molecule is CCc1cc(CC2CC(NS(C)(=O)=O)C2(C)C)no1. The van der Waals surface area contributed by atoms with Crippen LogP contribution in [0.4, 0.5) is 0 Å². The molecule has 0 bridgehead atoms. The Hall–Kier alpha value is -0.880. The summed E-state index contributed by atoms with van der Waals surface area (Å²) >= 11 is 0. The predicted octanol–water partition coefficient (Wildman–Crippen LogP) is 1.74. The third kappa shape index (κ3) is 3.17. The molecular weight excluding hydrogens is 264 g/mol. The van der Waals surface area contributed by atoms with E-state index in [1.165, 1.54) is 6.26 Å². The first-order valence-corrected chi connectivity index (χ1v) is 8.53. The fraction of sp³-hybridized carbons (Fsp3) is 0.769. The molecule has 0 saturated heterocycles. The van der Waals surface area contributed by atoms with Crippen LogP contribution in [0.2, 0.25) is 0 Å². The molecule has 2 unspecified atom stereocenters. The van der Waals surface area contributed by atoms with Gasteiger partial charge in [-0.1, -0.05) is 25.9 Å². The lowest BCUT2D eigenvalue weighted by molar-refractivity contribution is 0.0271. The normalized spacial score (nSPS) is 26.1. The minimum Gasteiger partial charge on any atom is -0.361 e. The zero-order chi connectivity index (χ0) is 14.3. The number of nitrogens with one attached hydrogen (secondary N) is 1. The molecule has 1 fully saturated rings. The Bertz CT molecular complexity index is 548. The van der Waals surface area contributed by atoms with Crippen LogP contribution < -0.4 is 4.72 Å². The topological polar surface area (TPSA) is 72.2 Å². The van der Waals surface area contributed by atoms with Gasteiger partial charge < -0.3 is 4.52 Å². The summed E-state index contributed by atoms with van der Waals surface area (Å²) in [5.74, 6) is 1.33. The van der Waals surface area contributed by atoms with Gasteiger partial charge in [0.1, 0.15) is 5.76 Å². The predicted molar refractivity (Wildman–Crippen MR) is 73.2 cm³/mol. The molecule has 108 valence electrons. The van der Waals surface area contributed by atoms with Crippen LogP contribution in [0.3, 0.4) is 0 Å². The van der Waals surface area contributed by atoms with Gasteiger partial charge in [-0.25, -0.2) is 13.1 Å². The number of rotatable bonds is 5. The Morgan fingerprint density at radius 2 is 2.21 bits per heavy atom. The second-order valence-corrected chi connectivity index (χ2v) is 7.82. The highest BCUT2D eigenvalue weighted by Crippen LogP contribution is 2.47. The molecule has 0 aromatic carbocycles. The Kier molecular flexibility index (Phi) is 3.75. The van der Waals surface area contributed by atoms with Crippen LogP contribution in [-0.2, 0) is 22.9 Å². The van der Waals surface area contributed by atoms with Crippen LogP contribution in [0.25, 0.3) is 0 Å². The summed E-state index contributed by atoms with van der Waals surface area (Å²) in [6.07, 6.45) is 3.76. The van der Waals surface area contributed by atoms with E-state index in [2.05, 4.69) is 23.7 Å². The molecule has 6 heteroatoms. The molecule has 1 aliphatic carbocycles. The zero-order valence-electron chi connectivity index (χ0n) is 11.9. The quantitative estimate of drug-likeness (QED) is 0.895. The average molecular weight is 286 g/mol. The second kappa shape index (κ2) is 4.90. The van der Waals surface area contributed by atoms with Gasteiger partial charge in [0.05, 0.1) is 11.9 Å². The number of hydrogen-bond donors (Lipinski definition) is 1. The highest BCUT2D eigenvalue weighted by Gasteiger charge is 2.49. The maximum atomic E-state index is 11.3. The van der Waals surface area contributed by atoms with E-state index in [4.69, 9.17) is 4.52 Å². The number of nitrogens with zero attached hydrogens (tertiary/aromatic N) is 1. The average Bonchev–Trinajstić information content (AvgIpc) is 2.74. The Labute approximate surface area is 114 Å². The van der Waals surface area contributed by atoms with Gasteiger partial charge in [0, 0.05) is 18.5 Å². The van der Waals surface area contributed by atoms with Crippen LogP contribution in [0.1, 0.15) is 38.6 Å². The summed E-state index contributed by atoms with van der Waals surface area (Å²) in [4.78, 5) is 0. The standard InChI is InChI=1S/C13H22N2O3S/c1-5-11-8-10(14-18-11)6-9-7-12(13(9,2)3)15-19(4,16)17/h8-9,12,15H,5-7H2,1-4H3. The van der Waals surface area contributed by atoms with Crippen molar-refractivity contribution in [2.45, 2.75) is 46.1 Å². The van der Waals surface area contributed by atoms with E-state index in [1.54, 1.807) is 0 Å². The minimum absolute atomic E-state index is 0.0186. The molecule has 0 amide bonds. The van der Waals surface area contributed by atoms with Crippen molar-refractivity contribution in [3.05, 3.63) is 17.5 Å². The number of aromatic nitrogens is 1. The fourth-order valence-corrected chi connectivity index (χ4v) is 3.61. The Morgan fingerprint density at radius 3 is 2.68 bits per heavy atom. The van der Waals surface area contributed by atoms with E-state index in [-0.39, 0.29) is 11.5 Å².